The van der Waals surface area contributed by atoms with Crippen LogP contribution < -0.4 is 10.2 Å². The highest BCUT2D eigenvalue weighted by atomic mass is 35.5. The number of thiazole rings is 1. The van der Waals surface area contributed by atoms with Crippen LogP contribution in [0.25, 0.3) is 10.7 Å². The number of nitrogens with zero attached hydrogens (tertiary/aromatic N) is 3. The van der Waals surface area contributed by atoms with Gasteiger partial charge < -0.3 is 10.2 Å². The molecule has 0 saturated heterocycles. The van der Waals surface area contributed by atoms with Gasteiger partial charge in [-0.15, -0.1) is 11.3 Å². The van der Waals surface area contributed by atoms with Crippen LogP contribution in [0.2, 0.25) is 5.02 Å². The van der Waals surface area contributed by atoms with Gasteiger partial charge in [-0.25, -0.2) is 4.98 Å². The molecule has 3 rings (SSSR count). The maximum absolute atomic E-state index is 12.7. The first kappa shape index (κ1) is 17.4. The highest BCUT2D eigenvalue weighted by Crippen LogP contribution is 2.31. The second-order valence-corrected chi connectivity index (χ2v) is 7.09. The fraction of sp³-hybridized carbons (Fsp3) is 0.167. The Morgan fingerprint density at radius 2 is 2.04 bits per heavy atom. The molecule has 7 heteroatoms. The third-order valence-electron chi connectivity index (χ3n) is 3.58. The van der Waals surface area contributed by atoms with Crippen molar-refractivity contribution in [2.75, 3.05) is 24.3 Å². The zero-order chi connectivity index (χ0) is 18.0. The first-order valence-electron chi connectivity index (χ1n) is 7.63. The van der Waals surface area contributed by atoms with Gasteiger partial charge in [-0.1, -0.05) is 17.7 Å². The number of hydrogen-bond acceptors (Lipinski definition) is 5. The normalized spacial score (nSPS) is 10.6. The number of carbonyl (C=O) groups is 1. The van der Waals surface area contributed by atoms with Crippen molar-refractivity contribution in [2.24, 2.45) is 0 Å². The topological polar surface area (TPSA) is 58.1 Å². The molecule has 0 aliphatic carbocycles. The fourth-order valence-electron chi connectivity index (χ4n) is 2.38. The molecule has 2 aromatic heterocycles. The number of pyridine rings is 1. The van der Waals surface area contributed by atoms with E-state index >= 15 is 0 Å². The number of amides is 1. The summed E-state index contributed by atoms with van der Waals surface area (Å²) < 4.78 is 0. The summed E-state index contributed by atoms with van der Waals surface area (Å²) in [6.07, 6.45) is 1.71. The number of anilines is 2. The highest BCUT2D eigenvalue weighted by molar-refractivity contribution is 7.17. The Morgan fingerprint density at radius 1 is 1.24 bits per heavy atom. The van der Waals surface area contributed by atoms with Crippen LogP contribution in [0, 0.1) is 6.92 Å². The number of rotatable bonds is 4. The maximum atomic E-state index is 12.7. The Labute approximate surface area is 155 Å². The Hall–Kier alpha value is -2.44. The molecule has 5 nitrogen and oxygen atoms in total. The molecule has 0 aliphatic heterocycles. The third-order valence-corrected chi connectivity index (χ3v) is 4.99. The van der Waals surface area contributed by atoms with Crippen LogP contribution in [0.3, 0.4) is 0 Å². The molecule has 3 aromatic rings. The summed E-state index contributed by atoms with van der Waals surface area (Å²) in [6.45, 7) is 1.82. The second kappa shape index (κ2) is 7.21. The monoisotopic (exact) mass is 372 g/mol. The Morgan fingerprint density at radius 3 is 2.72 bits per heavy atom. The van der Waals surface area contributed by atoms with Crippen LogP contribution >= 0.6 is 22.9 Å². The summed E-state index contributed by atoms with van der Waals surface area (Å²) in [7, 11) is 3.83. The van der Waals surface area contributed by atoms with E-state index in [1.807, 2.05) is 50.2 Å². The summed E-state index contributed by atoms with van der Waals surface area (Å²) in [4.78, 5) is 24.0. The number of aromatic nitrogens is 2. The van der Waals surface area contributed by atoms with Crippen LogP contribution in [0.1, 0.15) is 15.4 Å². The SMILES string of the molecule is Cc1nc(-c2ccccn2)sc1C(=O)Nc1cc(Cl)ccc1N(C)C. The molecule has 1 amide bonds. The molecule has 1 N–H and O–H groups in total. The molecule has 0 saturated carbocycles. The van der Waals surface area contributed by atoms with Crippen LogP contribution in [0.15, 0.2) is 42.6 Å². The van der Waals surface area contributed by atoms with Gasteiger partial charge in [-0.05, 0) is 37.3 Å². The lowest BCUT2D eigenvalue weighted by Gasteiger charge is -2.18. The molecule has 0 spiro atoms. The van der Waals surface area contributed by atoms with Crippen molar-refractivity contribution in [3.63, 3.8) is 0 Å². The van der Waals surface area contributed by atoms with Crippen LogP contribution in [-0.2, 0) is 0 Å². The van der Waals surface area contributed by atoms with E-state index in [-0.39, 0.29) is 5.91 Å². The molecule has 25 heavy (non-hydrogen) atoms. The first-order chi connectivity index (χ1) is 12.0. The molecule has 128 valence electrons. The Balaban J connectivity index is 1.90. The highest BCUT2D eigenvalue weighted by Gasteiger charge is 2.18. The van der Waals surface area contributed by atoms with Crippen molar-refractivity contribution in [2.45, 2.75) is 6.92 Å². The van der Waals surface area contributed by atoms with Crippen molar-refractivity contribution in [3.05, 3.63) is 58.2 Å². The van der Waals surface area contributed by atoms with Crippen LogP contribution in [0.5, 0.6) is 0 Å². The van der Waals surface area contributed by atoms with Gasteiger partial charge in [0.2, 0.25) is 0 Å². The lowest BCUT2D eigenvalue weighted by molar-refractivity contribution is 0.103. The van der Waals surface area contributed by atoms with Crippen molar-refractivity contribution in [1.82, 2.24) is 9.97 Å². The zero-order valence-corrected chi connectivity index (χ0v) is 15.6. The zero-order valence-electron chi connectivity index (χ0n) is 14.1. The number of nitrogens with one attached hydrogen (secondary N) is 1. The first-order valence-corrected chi connectivity index (χ1v) is 8.82. The molecule has 0 bridgehead atoms. The van der Waals surface area contributed by atoms with Crippen LogP contribution in [0.4, 0.5) is 11.4 Å². The van der Waals surface area contributed by atoms with Crippen LogP contribution in [-0.4, -0.2) is 30.0 Å². The summed E-state index contributed by atoms with van der Waals surface area (Å²) in [6, 6.07) is 11.0. The molecule has 1 aromatic carbocycles. The average molecular weight is 373 g/mol. The summed E-state index contributed by atoms with van der Waals surface area (Å²) in [5.74, 6) is -0.206. The van der Waals surface area contributed by atoms with Gasteiger partial charge in [-0.3, -0.25) is 9.78 Å². The van der Waals surface area contributed by atoms with Crippen molar-refractivity contribution in [3.8, 4) is 10.7 Å². The summed E-state index contributed by atoms with van der Waals surface area (Å²) in [5.41, 5.74) is 2.97. The predicted octanol–water partition coefficient (Wildman–Crippen LogP) is 4.49. The predicted molar refractivity (Wildman–Crippen MR) is 104 cm³/mol. The number of aryl methyl sites for hydroxylation is 1. The van der Waals surface area contributed by atoms with E-state index < -0.39 is 0 Å². The summed E-state index contributed by atoms with van der Waals surface area (Å²) >= 11 is 7.40. The molecule has 0 fully saturated rings. The largest absolute Gasteiger partial charge is 0.376 e. The summed E-state index contributed by atoms with van der Waals surface area (Å²) in [5, 5.41) is 4.23. The minimum atomic E-state index is -0.206. The molecular formula is C18H17ClN4OS. The van der Waals surface area contributed by atoms with Gasteiger partial charge in [0.05, 0.1) is 22.8 Å². The van der Waals surface area contributed by atoms with Gasteiger partial charge in [0, 0.05) is 25.3 Å². The number of carbonyl (C=O) groups excluding carboxylic acids is 1. The minimum Gasteiger partial charge on any atom is -0.376 e. The molecule has 0 unspecified atom stereocenters. The number of halogens is 1. The molecule has 2 heterocycles. The van der Waals surface area contributed by atoms with E-state index in [0.29, 0.717) is 21.3 Å². The third kappa shape index (κ3) is 3.81. The molecule has 0 aliphatic rings. The van der Waals surface area contributed by atoms with E-state index in [2.05, 4.69) is 15.3 Å². The van der Waals surface area contributed by atoms with E-state index in [1.165, 1.54) is 11.3 Å². The quantitative estimate of drug-likeness (QED) is 0.733. The fourth-order valence-corrected chi connectivity index (χ4v) is 3.49. The standard InChI is InChI=1S/C18H17ClN4OS/c1-11-16(25-18(21-11)13-6-4-5-9-20-13)17(24)22-14-10-12(19)7-8-15(14)23(2)3/h4-10H,1-3H3,(H,22,24). The molecular weight excluding hydrogens is 356 g/mol. The number of hydrogen-bond donors (Lipinski definition) is 1. The lowest BCUT2D eigenvalue weighted by atomic mass is 10.2. The van der Waals surface area contributed by atoms with Gasteiger partial charge in [0.25, 0.3) is 5.91 Å². The van der Waals surface area contributed by atoms with Gasteiger partial charge >= 0.3 is 0 Å². The van der Waals surface area contributed by atoms with Crippen molar-refractivity contribution < 1.29 is 4.79 Å². The van der Waals surface area contributed by atoms with E-state index in [1.54, 1.807) is 18.3 Å². The molecule has 0 atom stereocenters. The van der Waals surface area contributed by atoms with E-state index in [4.69, 9.17) is 11.6 Å². The van der Waals surface area contributed by atoms with Crippen molar-refractivity contribution >= 4 is 40.2 Å². The second-order valence-electron chi connectivity index (χ2n) is 5.66. The Bertz CT molecular complexity index is 909. The minimum absolute atomic E-state index is 0.206. The smallest absolute Gasteiger partial charge is 0.267 e. The lowest BCUT2D eigenvalue weighted by Crippen LogP contribution is -2.16. The molecule has 0 radical (unpaired) electrons. The van der Waals surface area contributed by atoms with Crippen molar-refractivity contribution in [1.29, 1.82) is 0 Å². The average Bonchev–Trinajstić information content (AvgIpc) is 2.97. The van der Waals surface area contributed by atoms with Gasteiger partial charge in [0.15, 0.2) is 0 Å². The Kier molecular flexibility index (Phi) is 5.01. The van der Waals surface area contributed by atoms with E-state index in [9.17, 15) is 4.79 Å². The van der Waals surface area contributed by atoms with E-state index in [0.717, 1.165) is 16.4 Å². The number of benzene rings is 1. The van der Waals surface area contributed by atoms with Gasteiger partial charge in [-0.2, -0.15) is 0 Å². The van der Waals surface area contributed by atoms with Gasteiger partial charge in [0.1, 0.15) is 9.88 Å². The maximum Gasteiger partial charge on any atom is 0.267 e.